The molecule has 0 aliphatic rings. The highest BCUT2D eigenvalue weighted by molar-refractivity contribution is 5.67. The number of hydrogen-bond acceptors (Lipinski definition) is 4. The zero-order valence-corrected chi connectivity index (χ0v) is 18.8. The minimum absolute atomic E-state index is 0.150. The number of halogens is 4. The fourth-order valence-electron chi connectivity index (χ4n) is 3.64. The topological polar surface area (TPSA) is 78.4 Å². The Labute approximate surface area is 194 Å². The third-order valence-corrected chi connectivity index (χ3v) is 5.14. The van der Waals surface area contributed by atoms with Gasteiger partial charge in [0.15, 0.2) is 0 Å². The zero-order chi connectivity index (χ0) is 25.1. The fraction of sp³-hybridized carbons (Fsp3) is 0.292. The minimum Gasteiger partial charge on any atom is -0.465 e. The van der Waals surface area contributed by atoms with Gasteiger partial charge < -0.3 is 10.4 Å². The highest BCUT2D eigenvalue weighted by Gasteiger charge is 2.35. The van der Waals surface area contributed by atoms with Crippen LogP contribution in [0.25, 0.3) is 11.3 Å². The van der Waals surface area contributed by atoms with E-state index >= 15 is 0 Å². The van der Waals surface area contributed by atoms with Crippen molar-refractivity contribution in [3.8, 4) is 11.3 Å². The van der Waals surface area contributed by atoms with Gasteiger partial charge in [0.1, 0.15) is 18.0 Å². The largest absolute Gasteiger partial charge is 0.465 e. The van der Waals surface area contributed by atoms with Gasteiger partial charge in [-0.3, -0.25) is 4.90 Å². The number of benzene rings is 2. The lowest BCUT2D eigenvalue weighted by atomic mass is 9.98. The Kier molecular flexibility index (Phi) is 7.09. The zero-order valence-electron chi connectivity index (χ0n) is 18.8. The summed E-state index contributed by atoms with van der Waals surface area (Å²) < 4.78 is 52.6. The second-order valence-electron chi connectivity index (χ2n) is 8.61. The van der Waals surface area contributed by atoms with Crippen LogP contribution >= 0.6 is 0 Å². The molecule has 0 unspecified atom stereocenters. The molecule has 6 nitrogen and oxygen atoms in total. The molecule has 2 aromatic carbocycles. The highest BCUT2D eigenvalue weighted by Crippen LogP contribution is 2.33. The normalized spacial score (nSPS) is 12.8. The van der Waals surface area contributed by atoms with Crippen LogP contribution in [0, 0.1) is 5.82 Å². The summed E-state index contributed by atoms with van der Waals surface area (Å²) in [6.45, 7) is 5.53. The van der Waals surface area contributed by atoms with Crippen LogP contribution in [0.15, 0.2) is 60.9 Å². The van der Waals surface area contributed by atoms with Gasteiger partial charge in [-0.2, -0.15) is 13.2 Å². The maximum atomic E-state index is 14.0. The predicted octanol–water partition coefficient (Wildman–Crippen LogP) is 6.23. The van der Waals surface area contributed by atoms with E-state index in [0.717, 1.165) is 17.7 Å². The van der Waals surface area contributed by atoms with Gasteiger partial charge in [-0.25, -0.2) is 19.2 Å². The lowest BCUT2D eigenvalue weighted by molar-refractivity contribution is -0.139. The van der Waals surface area contributed by atoms with E-state index < -0.39 is 35.2 Å². The van der Waals surface area contributed by atoms with E-state index in [1.807, 2.05) is 30.3 Å². The summed E-state index contributed by atoms with van der Waals surface area (Å²) in [4.78, 5) is 21.6. The molecule has 0 aliphatic carbocycles. The molecular weight excluding hydrogens is 452 g/mol. The van der Waals surface area contributed by atoms with Gasteiger partial charge in [0, 0.05) is 23.7 Å². The Morgan fingerprint density at radius 3 is 2.29 bits per heavy atom. The average molecular weight is 476 g/mol. The number of nitrogens with zero attached hydrogens (tertiary/aromatic N) is 3. The second-order valence-corrected chi connectivity index (χ2v) is 8.61. The van der Waals surface area contributed by atoms with Gasteiger partial charge in [-0.05, 0) is 38.5 Å². The molecule has 3 aromatic rings. The second kappa shape index (κ2) is 9.66. The van der Waals surface area contributed by atoms with Gasteiger partial charge in [0.25, 0.3) is 0 Å². The number of carboxylic acid groups (broad SMARTS) is 1. The quantitative estimate of drug-likeness (QED) is 0.412. The first-order valence-corrected chi connectivity index (χ1v) is 10.4. The molecule has 0 radical (unpaired) electrons. The van der Waals surface area contributed by atoms with Crippen LogP contribution in [0.5, 0.6) is 0 Å². The molecule has 0 saturated heterocycles. The number of amides is 1. The summed E-state index contributed by atoms with van der Waals surface area (Å²) in [6.07, 6.45) is -4.69. The van der Waals surface area contributed by atoms with Crippen molar-refractivity contribution >= 4 is 11.9 Å². The third-order valence-electron chi connectivity index (χ3n) is 5.14. The number of carbonyl (C=O) groups is 1. The van der Waals surface area contributed by atoms with Gasteiger partial charge in [-0.1, -0.05) is 36.4 Å². The van der Waals surface area contributed by atoms with Crippen LogP contribution in [-0.4, -0.2) is 38.2 Å². The van der Waals surface area contributed by atoms with Crippen LogP contribution in [-0.2, 0) is 6.18 Å². The molecule has 34 heavy (non-hydrogen) atoms. The van der Waals surface area contributed by atoms with Crippen LogP contribution < -0.4 is 5.32 Å². The monoisotopic (exact) mass is 476 g/mol. The molecular formula is C24H24F4N4O2. The minimum atomic E-state index is -4.80. The Morgan fingerprint density at radius 1 is 1.06 bits per heavy atom. The lowest BCUT2D eigenvalue weighted by Crippen LogP contribution is -2.49. The third kappa shape index (κ3) is 5.81. The van der Waals surface area contributed by atoms with Crippen LogP contribution in [0.2, 0.25) is 0 Å². The van der Waals surface area contributed by atoms with Crippen LogP contribution in [0.3, 0.4) is 0 Å². The van der Waals surface area contributed by atoms with E-state index in [1.165, 1.54) is 17.3 Å². The van der Waals surface area contributed by atoms with Crippen molar-refractivity contribution in [2.75, 3.05) is 11.9 Å². The van der Waals surface area contributed by atoms with Crippen molar-refractivity contribution in [1.82, 2.24) is 14.9 Å². The molecule has 2 N–H and O–H groups in total. The summed E-state index contributed by atoms with van der Waals surface area (Å²) in [5, 5.41) is 13.0. The molecule has 1 atom stereocenters. The van der Waals surface area contributed by atoms with Crippen LogP contribution in [0.4, 0.5) is 28.2 Å². The molecule has 3 rings (SSSR count). The Hall–Kier alpha value is -3.69. The molecule has 0 spiro atoms. The predicted molar refractivity (Wildman–Crippen MR) is 120 cm³/mol. The standard InChI is InChI=1S/C24H24F4N4O2/c1-23(2,3)32(22(33)34)20(15-7-5-4-6-8-15)13-29-21-12-19(30-14-31-21)16-9-10-17(18(25)11-16)24(26,27)28/h4-12,14,20H,13H2,1-3H3,(H,33,34)(H,29,30,31)/t20-/m0/s1. The van der Waals surface area contributed by atoms with E-state index in [9.17, 15) is 27.5 Å². The van der Waals surface area contributed by atoms with Gasteiger partial charge in [-0.15, -0.1) is 0 Å². The molecule has 1 amide bonds. The SMILES string of the molecule is CC(C)(C)N(C(=O)O)[C@@H](CNc1cc(-c2ccc(C(F)(F)F)c(F)c2)ncn1)c1ccccc1. The molecule has 180 valence electrons. The number of rotatable bonds is 6. The maximum Gasteiger partial charge on any atom is 0.419 e. The van der Waals surface area contributed by atoms with Gasteiger partial charge in [0.05, 0.1) is 17.3 Å². The van der Waals surface area contributed by atoms with Gasteiger partial charge >= 0.3 is 12.3 Å². The number of nitrogens with one attached hydrogen (secondary N) is 1. The lowest BCUT2D eigenvalue weighted by Gasteiger charge is -2.40. The molecule has 1 heterocycles. The first-order chi connectivity index (χ1) is 15.9. The molecule has 0 aliphatic heterocycles. The van der Waals surface area contributed by atoms with E-state index in [2.05, 4.69) is 15.3 Å². The van der Waals surface area contributed by atoms with Crippen molar-refractivity contribution in [2.24, 2.45) is 0 Å². The number of alkyl halides is 3. The Balaban J connectivity index is 1.88. The van der Waals surface area contributed by atoms with Crippen molar-refractivity contribution in [1.29, 1.82) is 0 Å². The Morgan fingerprint density at radius 2 is 1.74 bits per heavy atom. The van der Waals surface area contributed by atoms with E-state index in [4.69, 9.17) is 0 Å². The van der Waals surface area contributed by atoms with Crippen molar-refractivity contribution in [2.45, 2.75) is 38.5 Å². The molecule has 0 fully saturated rings. The first kappa shape index (κ1) is 24.9. The van der Waals surface area contributed by atoms with Crippen molar-refractivity contribution in [3.05, 3.63) is 77.9 Å². The fourth-order valence-corrected chi connectivity index (χ4v) is 3.64. The number of anilines is 1. The summed E-state index contributed by atoms with van der Waals surface area (Å²) in [5.41, 5.74) is -0.927. The summed E-state index contributed by atoms with van der Waals surface area (Å²) >= 11 is 0. The van der Waals surface area contributed by atoms with E-state index in [0.29, 0.717) is 11.9 Å². The number of hydrogen-bond donors (Lipinski definition) is 2. The molecule has 1 aromatic heterocycles. The Bertz CT molecular complexity index is 1150. The molecule has 10 heteroatoms. The van der Waals surface area contributed by atoms with Crippen LogP contribution in [0.1, 0.15) is 37.9 Å². The van der Waals surface area contributed by atoms with Crippen molar-refractivity contribution in [3.63, 3.8) is 0 Å². The molecule has 0 bridgehead atoms. The smallest absolute Gasteiger partial charge is 0.419 e. The summed E-state index contributed by atoms with van der Waals surface area (Å²) in [7, 11) is 0. The van der Waals surface area contributed by atoms with E-state index in [1.54, 1.807) is 20.8 Å². The highest BCUT2D eigenvalue weighted by atomic mass is 19.4. The maximum absolute atomic E-state index is 14.0. The van der Waals surface area contributed by atoms with Gasteiger partial charge in [0.2, 0.25) is 0 Å². The summed E-state index contributed by atoms with van der Waals surface area (Å²) in [5.74, 6) is -1.09. The van der Waals surface area contributed by atoms with E-state index in [-0.39, 0.29) is 17.8 Å². The average Bonchev–Trinajstić information content (AvgIpc) is 2.75. The number of aromatic nitrogens is 2. The first-order valence-electron chi connectivity index (χ1n) is 10.4. The van der Waals surface area contributed by atoms with Crippen molar-refractivity contribution < 1.29 is 27.5 Å². The summed E-state index contributed by atoms with van der Waals surface area (Å²) in [6, 6.07) is 12.6. The molecule has 0 saturated carbocycles.